The molecule has 26 heavy (non-hydrogen) atoms. The van der Waals surface area contributed by atoms with Gasteiger partial charge in [0.05, 0.1) is 12.6 Å². The topological polar surface area (TPSA) is 78.0 Å². The fourth-order valence-corrected chi connectivity index (χ4v) is 3.24. The molecule has 0 bridgehead atoms. The summed E-state index contributed by atoms with van der Waals surface area (Å²) in [6.07, 6.45) is 5.29. The molecule has 0 spiro atoms. The summed E-state index contributed by atoms with van der Waals surface area (Å²) in [6, 6.07) is 10.4. The molecule has 3 N–H and O–H groups in total. The molecule has 0 aliphatic carbocycles. The summed E-state index contributed by atoms with van der Waals surface area (Å²) in [5.74, 6) is 1.96. The smallest absolute Gasteiger partial charge is 0.222 e. The van der Waals surface area contributed by atoms with Crippen LogP contribution in [-0.2, 0) is 6.54 Å². The third-order valence-corrected chi connectivity index (χ3v) is 4.59. The Morgan fingerprint density at radius 1 is 1.23 bits per heavy atom. The van der Waals surface area contributed by atoms with E-state index in [2.05, 4.69) is 39.8 Å². The third-order valence-electron chi connectivity index (χ3n) is 4.59. The van der Waals surface area contributed by atoms with Crippen LogP contribution < -0.4 is 15.8 Å². The molecule has 1 aromatic carbocycles. The lowest BCUT2D eigenvalue weighted by Gasteiger charge is -2.18. The molecular weight excluding hydrogens is 326 g/mol. The van der Waals surface area contributed by atoms with Gasteiger partial charge in [-0.2, -0.15) is 4.98 Å². The van der Waals surface area contributed by atoms with E-state index < -0.39 is 0 Å². The molecular formula is C20H27N5O. The molecule has 3 rings (SSSR count). The number of nitrogen functional groups attached to an aromatic ring is 1. The van der Waals surface area contributed by atoms with E-state index >= 15 is 0 Å². The number of benzene rings is 1. The molecule has 138 valence electrons. The van der Waals surface area contributed by atoms with E-state index in [-0.39, 0.29) is 0 Å². The number of fused-ring (bicyclic) bond motifs is 1. The van der Waals surface area contributed by atoms with E-state index in [0.29, 0.717) is 18.5 Å². The van der Waals surface area contributed by atoms with Gasteiger partial charge in [-0.3, -0.25) is 0 Å². The molecule has 6 heteroatoms. The van der Waals surface area contributed by atoms with Crippen LogP contribution in [0.1, 0.15) is 38.7 Å². The number of nitrogens with two attached hydrogens (primary N) is 1. The maximum Gasteiger partial charge on any atom is 0.222 e. The second-order valence-electron chi connectivity index (χ2n) is 6.50. The highest BCUT2D eigenvalue weighted by molar-refractivity contribution is 5.87. The number of hydrogen-bond acceptors (Lipinski definition) is 5. The minimum Gasteiger partial charge on any atom is -0.497 e. The second-order valence-corrected chi connectivity index (χ2v) is 6.50. The zero-order valence-electron chi connectivity index (χ0n) is 15.7. The number of nitrogens with zero attached hydrogens (tertiary/aromatic N) is 3. The Kier molecular flexibility index (Phi) is 5.61. The summed E-state index contributed by atoms with van der Waals surface area (Å²) in [5, 5.41) is 3.57. The van der Waals surface area contributed by atoms with Crippen LogP contribution in [0.25, 0.3) is 11.0 Å². The van der Waals surface area contributed by atoms with E-state index in [4.69, 9.17) is 10.5 Å². The lowest BCUT2D eigenvalue weighted by Crippen LogP contribution is -2.20. The first-order chi connectivity index (χ1) is 12.6. The number of ether oxygens (including phenoxy) is 1. The third kappa shape index (κ3) is 3.90. The highest BCUT2D eigenvalue weighted by atomic mass is 16.5. The number of aromatic nitrogens is 3. The molecule has 0 aliphatic heterocycles. The van der Waals surface area contributed by atoms with Crippen LogP contribution in [0.15, 0.2) is 36.5 Å². The van der Waals surface area contributed by atoms with Gasteiger partial charge in [0.1, 0.15) is 11.3 Å². The number of rotatable bonds is 8. The van der Waals surface area contributed by atoms with Gasteiger partial charge < -0.3 is 20.4 Å². The van der Waals surface area contributed by atoms with Crippen molar-refractivity contribution >= 4 is 22.8 Å². The van der Waals surface area contributed by atoms with Gasteiger partial charge >= 0.3 is 0 Å². The molecule has 0 saturated heterocycles. The monoisotopic (exact) mass is 353 g/mol. The second kappa shape index (κ2) is 8.08. The van der Waals surface area contributed by atoms with Crippen LogP contribution in [0.4, 0.5) is 11.8 Å². The zero-order chi connectivity index (χ0) is 18.5. The van der Waals surface area contributed by atoms with Crippen molar-refractivity contribution in [3.8, 4) is 5.75 Å². The molecule has 1 unspecified atom stereocenters. The number of nitrogens with one attached hydrogen (secondary N) is 1. The van der Waals surface area contributed by atoms with E-state index in [1.807, 2.05) is 30.5 Å². The summed E-state index contributed by atoms with van der Waals surface area (Å²) < 4.78 is 7.49. The fourth-order valence-electron chi connectivity index (χ4n) is 3.24. The van der Waals surface area contributed by atoms with Crippen molar-refractivity contribution in [3.05, 3.63) is 42.1 Å². The van der Waals surface area contributed by atoms with Crippen molar-refractivity contribution in [2.24, 2.45) is 0 Å². The minimum absolute atomic E-state index is 0.297. The molecule has 1 atom stereocenters. The number of methoxy groups -OCH3 is 1. The van der Waals surface area contributed by atoms with Gasteiger partial charge in [0, 0.05) is 18.8 Å². The van der Waals surface area contributed by atoms with E-state index in [1.165, 1.54) is 0 Å². The van der Waals surface area contributed by atoms with Crippen LogP contribution in [0, 0.1) is 0 Å². The summed E-state index contributed by atoms with van der Waals surface area (Å²) in [5.41, 5.74) is 8.92. The van der Waals surface area contributed by atoms with Crippen LogP contribution in [0.3, 0.4) is 0 Å². The van der Waals surface area contributed by atoms with Gasteiger partial charge in [0.2, 0.25) is 5.95 Å². The van der Waals surface area contributed by atoms with Gasteiger partial charge in [-0.05, 0) is 36.6 Å². The van der Waals surface area contributed by atoms with Crippen molar-refractivity contribution in [2.45, 2.75) is 45.7 Å². The zero-order valence-corrected chi connectivity index (χ0v) is 15.7. The van der Waals surface area contributed by atoms with Crippen LogP contribution in [0.5, 0.6) is 5.75 Å². The molecule has 0 saturated carbocycles. The maximum atomic E-state index is 5.93. The highest BCUT2D eigenvalue weighted by Gasteiger charge is 2.15. The SMILES string of the molecule is CCCC(CC)Nc1nc(N)nc2ccn(Cc3cccc(OC)c3)c12. The molecule has 0 radical (unpaired) electrons. The fraction of sp³-hybridized carbons (Fsp3) is 0.400. The molecule has 2 heterocycles. The Bertz CT molecular complexity index is 874. The minimum atomic E-state index is 0.297. The maximum absolute atomic E-state index is 5.93. The molecule has 0 fully saturated rings. The average molecular weight is 353 g/mol. The average Bonchev–Trinajstić information content (AvgIpc) is 3.04. The molecule has 2 aromatic heterocycles. The molecule has 0 aliphatic rings. The Hall–Kier alpha value is -2.76. The van der Waals surface area contributed by atoms with Crippen LogP contribution in [-0.4, -0.2) is 27.7 Å². The van der Waals surface area contributed by atoms with Crippen molar-refractivity contribution in [2.75, 3.05) is 18.2 Å². The standard InChI is InChI=1S/C20H27N5O/c1-4-7-15(5-2)22-19-18-17(23-20(21)24-19)10-11-25(18)13-14-8-6-9-16(12-14)26-3/h6,8-12,15H,4-5,7,13H2,1-3H3,(H3,21,22,23,24). The van der Waals surface area contributed by atoms with E-state index in [0.717, 1.165) is 47.4 Å². The van der Waals surface area contributed by atoms with Crippen molar-refractivity contribution in [3.63, 3.8) is 0 Å². The van der Waals surface area contributed by atoms with E-state index in [9.17, 15) is 0 Å². The Labute approximate surface area is 154 Å². The van der Waals surface area contributed by atoms with Crippen molar-refractivity contribution in [1.29, 1.82) is 0 Å². The molecule has 3 aromatic rings. The highest BCUT2D eigenvalue weighted by Crippen LogP contribution is 2.26. The summed E-state index contributed by atoms with van der Waals surface area (Å²) in [7, 11) is 1.68. The lowest BCUT2D eigenvalue weighted by molar-refractivity contribution is 0.414. The Morgan fingerprint density at radius 3 is 2.81 bits per heavy atom. The van der Waals surface area contributed by atoms with Gasteiger partial charge in [-0.1, -0.05) is 32.4 Å². The summed E-state index contributed by atoms with van der Waals surface area (Å²) in [4.78, 5) is 8.88. The van der Waals surface area contributed by atoms with Crippen molar-refractivity contribution in [1.82, 2.24) is 14.5 Å². The Morgan fingerprint density at radius 2 is 2.08 bits per heavy atom. The Balaban J connectivity index is 1.98. The lowest BCUT2D eigenvalue weighted by atomic mass is 10.1. The van der Waals surface area contributed by atoms with Gasteiger partial charge in [-0.15, -0.1) is 0 Å². The predicted molar refractivity (Wildman–Crippen MR) is 107 cm³/mol. The predicted octanol–water partition coefficient (Wildman–Crippen LogP) is 4.06. The number of anilines is 2. The van der Waals surface area contributed by atoms with Crippen LogP contribution in [0.2, 0.25) is 0 Å². The van der Waals surface area contributed by atoms with Gasteiger partial charge in [0.25, 0.3) is 0 Å². The normalized spacial score (nSPS) is 12.3. The number of hydrogen-bond donors (Lipinski definition) is 2. The summed E-state index contributed by atoms with van der Waals surface area (Å²) in [6.45, 7) is 5.09. The first-order valence-corrected chi connectivity index (χ1v) is 9.16. The van der Waals surface area contributed by atoms with Gasteiger partial charge in [0.15, 0.2) is 5.82 Å². The molecule has 0 amide bonds. The summed E-state index contributed by atoms with van der Waals surface area (Å²) >= 11 is 0. The molecule has 6 nitrogen and oxygen atoms in total. The van der Waals surface area contributed by atoms with Crippen LogP contribution >= 0.6 is 0 Å². The largest absolute Gasteiger partial charge is 0.497 e. The first kappa shape index (κ1) is 18.0. The first-order valence-electron chi connectivity index (χ1n) is 9.16. The van der Waals surface area contributed by atoms with E-state index in [1.54, 1.807) is 7.11 Å². The van der Waals surface area contributed by atoms with Crippen molar-refractivity contribution < 1.29 is 4.74 Å². The van der Waals surface area contributed by atoms with Gasteiger partial charge in [-0.25, -0.2) is 4.98 Å². The quantitative estimate of drug-likeness (QED) is 0.638.